The number of fused-ring (bicyclic) bond motifs is 4. The van der Waals surface area contributed by atoms with Crippen molar-refractivity contribution < 1.29 is 9.31 Å². The molecule has 0 aliphatic heterocycles. The number of aromatic nitrogens is 9. The zero-order valence-electron chi connectivity index (χ0n) is 40.9. The van der Waals surface area contributed by atoms with E-state index >= 15 is 0 Å². The lowest BCUT2D eigenvalue weighted by molar-refractivity contribution is -0.383. The Hall–Kier alpha value is -6.05. The van der Waals surface area contributed by atoms with E-state index in [4.69, 9.17) is 15.8 Å². The van der Waals surface area contributed by atoms with Crippen molar-refractivity contribution in [2.75, 3.05) is 17.7 Å². The number of halogens is 5. The number of nitrogen functional groups attached to an aromatic ring is 1. The smallest absolute Gasteiger partial charge is 0.317 e. The molecule has 1 aromatic carbocycles. The van der Waals surface area contributed by atoms with Gasteiger partial charge >= 0.3 is 5.69 Å². The van der Waals surface area contributed by atoms with Crippen molar-refractivity contribution in [3.63, 3.8) is 0 Å². The molecule has 0 aliphatic rings. The molecular formula is C51H50Br4FN13O2S. The Morgan fingerprint density at radius 2 is 1.17 bits per heavy atom. The molecule has 15 nitrogen and oxygen atoms in total. The molecule has 0 radical (unpaired) electrons. The first kappa shape index (κ1) is 53.7. The molecule has 0 unspecified atom stereocenters. The minimum Gasteiger partial charge on any atom is -0.395 e. The fourth-order valence-electron chi connectivity index (χ4n) is 8.11. The molecule has 10 aromatic rings. The highest BCUT2D eigenvalue weighted by Crippen LogP contribution is 2.39. The number of nitrogens with zero attached hydrogens (tertiary/aromatic N) is 12. The van der Waals surface area contributed by atoms with Crippen molar-refractivity contribution in [3.05, 3.63) is 163 Å². The van der Waals surface area contributed by atoms with Crippen LogP contribution in [-0.2, 0) is 25.7 Å². The molecule has 0 bridgehead atoms. The van der Waals surface area contributed by atoms with Gasteiger partial charge in [0.2, 0.25) is 0 Å². The fraction of sp³-hybridized carbons (Fsp3) is 0.255. The van der Waals surface area contributed by atoms with Gasteiger partial charge in [-0.3, -0.25) is 10.1 Å². The number of hydrogen-bond acceptors (Lipinski definition) is 11. The van der Waals surface area contributed by atoms with E-state index in [-0.39, 0.29) is 16.4 Å². The van der Waals surface area contributed by atoms with Gasteiger partial charge in [0.05, 0.1) is 49.9 Å². The summed E-state index contributed by atoms with van der Waals surface area (Å²) in [6.45, 7) is 16.1. The van der Waals surface area contributed by atoms with Crippen LogP contribution in [0.15, 0.2) is 96.8 Å². The minimum atomic E-state index is -0.368. The van der Waals surface area contributed by atoms with Crippen LogP contribution < -0.4 is 10.6 Å². The summed E-state index contributed by atoms with van der Waals surface area (Å²) in [6, 6.07) is 26.2. The Morgan fingerprint density at radius 3 is 1.71 bits per heavy atom. The summed E-state index contributed by atoms with van der Waals surface area (Å²) in [5.41, 5.74) is 20.5. The molecule has 0 aliphatic carbocycles. The largest absolute Gasteiger partial charge is 0.395 e. The second-order valence-corrected chi connectivity index (χ2v) is 21.2. The minimum absolute atomic E-state index is 0.104. The van der Waals surface area contributed by atoms with E-state index in [1.807, 2.05) is 83.5 Å². The van der Waals surface area contributed by atoms with Crippen molar-refractivity contribution in [1.82, 2.24) is 43.4 Å². The maximum absolute atomic E-state index is 13.3. The third-order valence-corrected chi connectivity index (χ3v) is 14.5. The van der Waals surface area contributed by atoms with E-state index < -0.39 is 0 Å². The Morgan fingerprint density at radius 1 is 0.681 bits per heavy atom. The van der Waals surface area contributed by atoms with Crippen molar-refractivity contribution in [2.24, 2.45) is 0 Å². The van der Waals surface area contributed by atoms with Crippen LogP contribution in [0, 0.1) is 55.0 Å². The van der Waals surface area contributed by atoms with Gasteiger partial charge in [-0.05, 0) is 132 Å². The van der Waals surface area contributed by atoms with Gasteiger partial charge in [0.25, 0.3) is 0 Å². The molecule has 0 saturated heterocycles. The number of rotatable bonds is 8. The first-order chi connectivity index (χ1) is 34.3. The van der Waals surface area contributed by atoms with Gasteiger partial charge in [-0.25, -0.2) is 27.4 Å². The molecule has 0 atom stereocenters. The first-order valence-electron chi connectivity index (χ1n) is 22.8. The second kappa shape index (κ2) is 22.8. The highest BCUT2D eigenvalue weighted by molar-refractivity contribution is 9.11. The molecule has 9 aromatic heterocycles. The van der Waals surface area contributed by atoms with Crippen LogP contribution in [0.4, 0.5) is 26.6 Å². The van der Waals surface area contributed by atoms with Gasteiger partial charge in [-0.2, -0.15) is 25.7 Å². The number of thiazole rings is 1. The monoisotopic (exact) mass is 1240 g/mol. The van der Waals surface area contributed by atoms with E-state index in [9.17, 15) is 19.8 Å². The molecule has 9 heterocycles. The quantitative estimate of drug-likeness (QED) is 0.114. The molecule has 0 fully saturated rings. The predicted octanol–water partition coefficient (Wildman–Crippen LogP) is 14.3. The number of anilines is 3. The number of aryl methyl sites for hydroxylation is 8. The lowest BCUT2D eigenvalue weighted by Gasteiger charge is -2.16. The van der Waals surface area contributed by atoms with Crippen LogP contribution in [-0.4, -0.2) is 55.4 Å². The van der Waals surface area contributed by atoms with Crippen LogP contribution in [0.2, 0.25) is 0 Å². The fourth-order valence-corrected chi connectivity index (χ4v) is 11.2. The number of pyridine rings is 4. The standard InChI is InChI=1S/C21H17BrFN5S.C10H10BrN3O2.C10H12BrN3.C10H11BrN2/c1-4-16-20(17-10-14(22)9-12(2)28(17)26-16)27(3)21-25-19(18(11-24)29-21)13-5-7-15(23)8-6-13;1-3-8-10(14(15)16)9-5-7(11)4-6(2)13(9)12-8;1-3-8-10(12)9-5-7(11)4-6(2)14(9)13-8;1-3-9-6-10-5-8(11)4-7(2)13(10)12-9/h5-10H,4H2,1-3H3;4-5H,3H2,1-2H3;4-5H,3,12H2,1-2H3;4-6H,3H2,1-2H3. The summed E-state index contributed by atoms with van der Waals surface area (Å²) in [6.07, 6.45) is 3.16. The maximum atomic E-state index is 13.3. The number of nitrogens with two attached hydrogens (primary N) is 1. The van der Waals surface area contributed by atoms with Gasteiger partial charge < -0.3 is 10.6 Å². The zero-order chi connectivity index (χ0) is 52.3. The summed E-state index contributed by atoms with van der Waals surface area (Å²) in [7, 11) is 1.93. The highest BCUT2D eigenvalue weighted by Gasteiger charge is 2.24. The third kappa shape index (κ3) is 11.3. The Labute approximate surface area is 453 Å². The average molecular weight is 1250 g/mol. The number of hydrogen-bond donors (Lipinski definition) is 1. The van der Waals surface area contributed by atoms with Gasteiger partial charge in [0, 0.05) is 53.3 Å². The van der Waals surface area contributed by atoms with E-state index in [2.05, 4.69) is 131 Å². The van der Waals surface area contributed by atoms with Crippen LogP contribution in [0.3, 0.4) is 0 Å². The number of nitro groups is 1. The van der Waals surface area contributed by atoms with Crippen molar-refractivity contribution in [1.29, 1.82) is 5.26 Å². The molecule has 372 valence electrons. The normalized spacial score (nSPS) is 11.0. The topological polar surface area (TPSA) is 178 Å². The number of nitriles is 1. The van der Waals surface area contributed by atoms with Gasteiger partial charge in [0.15, 0.2) is 5.13 Å². The molecule has 72 heavy (non-hydrogen) atoms. The molecule has 0 spiro atoms. The predicted molar refractivity (Wildman–Crippen MR) is 299 cm³/mol. The summed E-state index contributed by atoms with van der Waals surface area (Å²) >= 11 is 15.1. The lowest BCUT2D eigenvalue weighted by atomic mass is 10.1. The van der Waals surface area contributed by atoms with E-state index in [1.54, 1.807) is 22.7 Å². The summed E-state index contributed by atoms with van der Waals surface area (Å²) in [5, 5.41) is 39.2. The SMILES string of the molecule is CCc1cc2cc(Br)cc(C)n2n1.CCc1nn2c(C)cc(Br)cc2c1N.CCc1nn2c(C)cc(Br)cc2c1N(C)c1nc(-c2ccc(F)cc2)c(C#N)s1.CCc1nn2c(C)cc(Br)cc2c1[N+](=O)[O-]. The Kier molecular flexibility index (Phi) is 17.0. The Balaban J connectivity index is 0.000000151. The molecule has 0 amide bonds. The summed E-state index contributed by atoms with van der Waals surface area (Å²) < 4.78 is 24.6. The van der Waals surface area contributed by atoms with Gasteiger partial charge in [-0.1, -0.05) is 103 Å². The van der Waals surface area contributed by atoms with Crippen molar-refractivity contribution >= 4 is 119 Å². The molecule has 0 saturated carbocycles. The summed E-state index contributed by atoms with van der Waals surface area (Å²) in [4.78, 5) is 17.8. The van der Waals surface area contributed by atoms with Gasteiger partial charge in [0.1, 0.15) is 33.7 Å². The molecule has 2 N–H and O–H groups in total. The summed E-state index contributed by atoms with van der Waals surface area (Å²) in [5.74, 6) is -0.320. The van der Waals surface area contributed by atoms with Crippen LogP contribution in [0.1, 0.15) is 78.1 Å². The van der Waals surface area contributed by atoms with Crippen LogP contribution in [0.5, 0.6) is 0 Å². The van der Waals surface area contributed by atoms with Crippen molar-refractivity contribution in [3.8, 4) is 17.3 Å². The molecular weight excluding hydrogens is 1200 g/mol. The third-order valence-electron chi connectivity index (χ3n) is 11.6. The average Bonchev–Trinajstić information content (AvgIpc) is 4.18. The van der Waals surface area contributed by atoms with Crippen molar-refractivity contribution in [2.45, 2.75) is 81.1 Å². The highest BCUT2D eigenvalue weighted by atomic mass is 79.9. The lowest BCUT2D eigenvalue weighted by Crippen LogP contribution is -2.10. The number of benzene rings is 1. The van der Waals surface area contributed by atoms with Crippen LogP contribution in [0.25, 0.3) is 33.3 Å². The first-order valence-corrected chi connectivity index (χ1v) is 26.8. The second-order valence-electron chi connectivity index (χ2n) is 16.6. The zero-order valence-corrected chi connectivity index (χ0v) is 48.1. The van der Waals surface area contributed by atoms with E-state index in [1.165, 1.54) is 23.5 Å². The van der Waals surface area contributed by atoms with Crippen LogP contribution >= 0.6 is 75.1 Å². The van der Waals surface area contributed by atoms with E-state index in [0.29, 0.717) is 38.9 Å². The van der Waals surface area contributed by atoms with E-state index in [0.717, 1.165) is 105 Å². The Bertz CT molecular complexity index is 3690. The molecule has 21 heteroatoms. The van der Waals surface area contributed by atoms with Gasteiger partial charge in [-0.15, -0.1) is 0 Å². The maximum Gasteiger partial charge on any atom is 0.317 e. The molecule has 10 rings (SSSR count).